The molecule has 2 fully saturated rings. The van der Waals surface area contributed by atoms with Crippen LogP contribution >= 0.6 is 11.6 Å². The number of nitrogens with one attached hydrogen (secondary N) is 2. The Morgan fingerprint density at radius 2 is 1.82 bits per heavy atom. The van der Waals surface area contributed by atoms with E-state index in [4.69, 9.17) is 11.6 Å². The molecule has 1 aliphatic heterocycles. The summed E-state index contributed by atoms with van der Waals surface area (Å²) in [5.41, 5.74) is 0.471. The van der Waals surface area contributed by atoms with Gasteiger partial charge in [0.05, 0.1) is 6.54 Å². The molecule has 2 aromatic carbocycles. The Bertz CT molecular complexity index is 1270. The van der Waals surface area contributed by atoms with Gasteiger partial charge in [0.1, 0.15) is 11.9 Å². The molecule has 3 atom stereocenters. The van der Waals surface area contributed by atoms with Crippen LogP contribution in [0.5, 0.6) is 0 Å². The van der Waals surface area contributed by atoms with E-state index < -0.39 is 40.4 Å². The SMILES string of the molecule is CC(C)[C@@H]1CN1S(=O)(=O)NCC(=O)N(c1cccc(F)c1)C(C(=O)NC1CCCCC1)c1ccccc1Cl. The molecule has 0 radical (unpaired) electrons. The van der Waals surface area contributed by atoms with E-state index in [2.05, 4.69) is 10.0 Å². The first-order valence-corrected chi connectivity index (χ1v) is 14.8. The molecule has 1 heterocycles. The Hall–Kier alpha value is -2.53. The number of carbonyl (C=O) groups excluding carboxylic acids is 2. The van der Waals surface area contributed by atoms with Crippen molar-refractivity contribution in [1.29, 1.82) is 0 Å². The number of anilines is 1. The minimum atomic E-state index is -3.91. The number of carbonyl (C=O) groups is 2. The first kappa shape index (κ1) is 28.5. The number of amides is 2. The first-order valence-electron chi connectivity index (χ1n) is 13.0. The van der Waals surface area contributed by atoms with Gasteiger partial charge in [-0.25, -0.2) is 4.39 Å². The van der Waals surface area contributed by atoms with E-state index in [0.717, 1.165) is 43.1 Å². The normalized spacial score (nSPS) is 20.7. The van der Waals surface area contributed by atoms with Crippen LogP contribution in [-0.2, 0) is 19.8 Å². The summed E-state index contributed by atoms with van der Waals surface area (Å²) in [5, 5.41) is 3.31. The molecule has 2 N–H and O–H groups in total. The Balaban J connectivity index is 1.67. The molecule has 2 amide bonds. The molecule has 1 saturated heterocycles. The molecule has 206 valence electrons. The van der Waals surface area contributed by atoms with Crippen molar-refractivity contribution >= 4 is 39.3 Å². The van der Waals surface area contributed by atoms with Gasteiger partial charge in [-0.3, -0.25) is 14.5 Å². The number of benzene rings is 2. The van der Waals surface area contributed by atoms with Crippen molar-refractivity contribution in [3.8, 4) is 0 Å². The van der Waals surface area contributed by atoms with Crippen molar-refractivity contribution in [1.82, 2.24) is 14.3 Å². The molecule has 1 aliphatic carbocycles. The largest absolute Gasteiger partial charge is 0.351 e. The Kier molecular flexibility index (Phi) is 9.07. The van der Waals surface area contributed by atoms with Crippen molar-refractivity contribution < 1.29 is 22.4 Å². The third-order valence-electron chi connectivity index (χ3n) is 7.10. The molecule has 11 heteroatoms. The zero-order valence-electron chi connectivity index (χ0n) is 21.6. The lowest BCUT2D eigenvalue weighted by Gasteiger charge is -2.34. The summed E-state index contributed by atoms with van der Waals surface area (Å²) in [4.78, 5) is 28.7. The van der Waals surface area contributed by atoms with Gasteiger partial charge in [0, 0.05) is 34.9 Å². The fourth-order valence-electron chi connectivity index (χ4n) is 4.96. The van der Waals surface area contributed by atoms with Gasteiger partial charge in [0.2, 0.25) is 11.8 Å². The van der Waals surface area contributed by atoms with E-state index in [-0.39, 0.29) is 28.7 Å². The molecule has 2 aliphatic rings. The minimum Gasteiger partial charge on any atom is -0.351 e. The summed E-state index contributed by atoms with van der Waals surface area (Å²) in [6.45, 7) is 3.62. The fraction of sp³-hybridized carbons (Fsp3) is 0.481. The molecule has 0 bridgehead atoms. The molecule has 2 aromatic rings. The third-order valence-corrected chi connectivity index (χ3v) is 8.99. The van der Waals surface area contributed by atoms with Gasteiger partial charge in [-0.2, -0.15) is 17.4 Å². The molecular formula is C27H34ClFN4O4S. The smallest absolute Gasteiger partial charge is 0.280 e. The molecule has 0 aromatic heterocycles. The molecule has 0 spiro atoms. The lowest BCUT2D eigenvalue weighted by molar-refractivity contribution is -0.127. The molecule has 2 unspecified atom stereocenters. The van der Waals surface area contributed by atoms with Crippen LogP contribution in [0.2, 0.25) is 5.02 Å². The van der Waals surface area contributed by atoms with Gasteiger partial charge in [0.25, 0.3) is 10.2 Å². The Labute approximate surface area is 228 Å². The highest BCUT2D eigenvalue weighted by molar-refractivity contribution is 7.87. The highest BCUT2D eigenvalue weighted by atomic mass is 35.5. The fourth-order valence-corrected chi connectivity index (χ4v) is 6.62. The van der Waals surface area contributed by atoms with Crippen LogP contribution < -0.4 is 14.9 Å². The maximum atomic E-state index is 14.3. The van der Waals surface area contributed by atoms with E-state index in [9.17, 15) is 22.4 Å². The number of hydrogen-bond acceptors (Lipinski definition) is 4. The summed E-state index contributed by atoms with van der Waals surface area (Å²) in [7, 11) is -3.91. The van der Waals surface area contributed by atoms with Crippen LogP contribution in [0.3, 0.4) is 0 Å². The van der Waals surface area contributed by atoms with E-state index >= 15 is 0 Å². The van der Waals surface area contributed by atoms with Crippen LogP contribution in [0.25, 0.3) is 0 Å². The Morgan fingerprint density at radius 1 is 1.11 bits per heavy atom. The second-order valence-electron chi connectivity index (χ2n) is 10.2. The Morgan fingerprint density at radius 3 is 2.45 bits per heavy atom. The maximum absolute atomic E-state index is 14.3. The number of hydrogen-bond donors (Lipinski definition) is 2. The second kappa shape index (κ2) is 12.1. The first-order chi connectivity index (χ1) is 18.1. The predicted octanol–water partition coefficient (Wildman–Crippen LogP) is 4.18. The third kappa shape index (κ3) is 6.72. The second-order valence-corrected chi connectivity index (χ2v) is 12.3. The molecule has 4 rings (SSSR count). The van der Waals surface area contributed by atoms with Crippen LogP contribution in [0, 0.1) is 11.7 Å². The predicted molar refractivity (Wildman–Crippen MR) is 145 cm³/mol. The average molecular weight is 565 g/mol. The summed E-state index contributed by atoms with van der Waals surface area (Å²) in [6, 6.07) is 10.5. The van der Waals surface area contributed by atoms with E-state index in [1.165, 1.54) is 22.5 Å². The quantitative estimate of drug-likeness (QED) is 0.423. The molecule has 38 heavy (non-hydrogen) atoms. The lowest BCUT2D eigenvalue weighted by atomic mass is 9.94. The van der Waals surface area contributed by atoms with Crippen molar-refractivity contribution in [3.63, 3.8) is 0 Å². The van der Waals surface area contributed by atoms with Crippen LogP contribution in [0.1, 0.15) is 57.6 Å². The van der Waals surface area contributed by atoms with Crippen molar-refractivity contribution in [2.75, 3.05) is 18.0 Å². The maximum Gasteiger partial charge on any atom is 0.280 e. The van der Waals surface area contributed by atoms with E-state index in [1.807, 2.05) is 13.8 Å². The molecular weight excluding hydrogens is 531 g/mol. The average Bonchev–Trinajstić information content (AvgIpc) is 3.70. The summed E-state index contributed by atoms with van der Waals surface area (Å²) >= 11 is 6.51. The topological polar surface area (TPSA) is 98.6 Å². The van der Waals surface area contributed by atoms with Gasteiger partial charge >= 0.3 is 0 Å². The van der Waals surface area contributed by atoms with Crippen LogP contribution in [0.15, 0.2) is 48.5 Å². The van der Waals surface area contributed by atoms with Crippen LogP contribution in [0.4, 0.5) is 10.1 Å². The summed E-state index contributed by atoms with van der Waals surface area (Å²) in [6.07, 6.45) is 4.72. The highest BCUT2D eigenvalue weighted by Gasteiger charge is 2.46. The summed E-state index contributed by atoms with van der Waals surface area (Å²) < 4.78 is 43.6. The van der Waals surface area contributed by atoms with Crippen molar-refractivity contribution in [2.45, 2.75) is 64.1 Å². The van der Waals surface area contributed by atoms with Crippen molar-refractivity contribution in [2.24, 2.45) is 5.92 Å². The number of halogens is 2. The van der Waals surface area contributed by atoms with Gasteiger partial charge in [0.15, 0.2) is 0 Å². The molecule has 1 saturated carbocycles. The molecule has 8 nitrogen and oxygen atoms in total. The minimum absolute atomic E-state index is 0.0557. The highest BCUT2D eigenvalue weighted by Crippen LogP contribution is 2.33. The zero-order valence-corrected chi connectivity index (χ0v) is 23.1. The monoisotopic (exact) mass is 564 g/mol. The van der Waals surface area contributed by atoms with E-state index in [0.29, 0.717) is 12.1 Å². The summed E-state index contributed by atoms with van der Waals surface area (Å²) in [5.74, 6) is -1.64. The van der Waals surface area contributed by atoms with Gasteiger partial charge in [-0.15, -0.1) is 0 Å². The zero-order chi connectivity index (χ0) is 27.4. The van der Waals surface area contributed by atoms with Gasteiger partial charge in [-0.05, 0) is 43.0 Å². The van der Waals surface area contributed by atoms with Crippen LogP contribution in [-0.4, -0.2) is 49.7 Å². The van der Waals surface area contributed by atoms with Gasteiger partial charge < -0.3 is 5.32 Å². The van der Waals surface area contributed by atoms with E-state index in [1.54, 1.807) is 24.3 Å². The lowest BCUT2D eigenvalue weighted by Crippen LogP contribution is -2.50. The number of rotatable bonds is 10. The standard InChI is InChI=1S/C27H34ClFN4O4S/c1-18(2)24-17-32(24)38(36,37)30-16-25(34)33(21-12-8-9-19(29)15-21)26(22-13-6-7-14-23(22)28)27(35)31-20-10-4-3-5-11-20/h6-9,12-15,18,20,24,26,30H,3-5,10-11,16-17H2,1-2H3,(H,31,35)/t24-,26?,32?/m0/s1. The van der Waals surface area contributed by atoms with Gasteiger partial charge in [-0.1, -0.05) is 69.0 Å². The number of nitrogens with zero attached hydrogens (tertiary/aromatic N) is 2. The van der Waals surface area contributed by atoms with Crippen molar-refractivity contribution in [3.05, 3.63) is 64.9 Å².